The van der Waals surface area contributed by atoms with Gasteiger partial charge < -0.3 is 15.2 Å². The van der Waals surface area contributed by atoms with E-state index in [1.54, 1.807) is 12.4 Å². The maximum atomic E-state index is 12.7. The molecule has 1 aliphatic heterocycles. The number of hydrogen-bond donors (Lipinski definition) is 2. The molecule has 1 aromatic carbocycles. The minimum atomic E-state index is -0.295. The molecule has 0 saturated carbocycles. The molecule has 6 heteroatoms. The monoisotopic (exact) mass is 349 g/mol. The Balaban J connectivity index is 1.48. The molecule has 0 radical (unpaired) electrons. The van der Waals surface area contributed by atoms with Crippen LogP contribution in [0.3, 0.4) is 0 Å². The van der Waals surface area contributed by atoms with Gasteiger partial charge in [-0.15, -0.1) is 0 Å². The average molecular weight is 349 g/mol. The number of hydrogen-bond acceptors (Lipinski definition) is 4. The van der Waals surface area contributed by atoms with Crippen LogP contribution >= 0.6 is 0 Å². The van der Waals surface area contributed by atoms with Gasteiger partial charge in [0.2, 0.25) is 5.91 Å². The topological polar surface area (TPSA) is 73.9 Å². The molecule has 3 aromatic rings. The van der Waals surface area contributed by atoms with E-state index in [-0.39, 0.29) is 11.3 Å². The van der Waals surface area contributed by atoms with Crippen LogP contribution in [-0.4, -0.2) is 45.9 Å². The van der Waals surface area contributed by atoms with Crippen LogP contribution in [-0.2, 0) is 4.79 Å². The SMILES string of the molecule is CN1CCC(C)(C(=O)Nc2ccc(-c3nc4ccncc4[nH]3)cc2)CC1. The quantitative estimate of drug-likeness (QED) is 0.761. The zero-order valence-corrected chi connectivity index (χ0v) is 15.1. The molecule has 26 heavy (non-hydrogen) atoms. The van der Waals surface area contributed by atoms with Crippen molar-refractivity contribution < 1.29 is 4.79 Å². The Kier molecular flexibility index (Phi) is 4.20. The highest BCUT2D eigenvalue weighted by atomic mass is 16.2. The third-order valence-electron chi connectivity index (χ3n) is 5.34. The number of piperidine rings is 1. The van der Waals surface area contributed by atoms with Crippen molar-refractivity contribution in [2.45, 2.75) is 19.8 Å². The Morgan fingerprint density at radius 3 is 2.62 bits per heavy atom. The number of pyridine rings is 1. The maximum absolute atomic E-state index is 12.7. The summed E-state index contributed by atoms with van der Waals surface area (Å²) in [5, 5.41) is 3.07. The second-order valence-corrected chi connectivity index (χ2v) is 7.37. The van der Waals surface area contributed by atoms with Crippen LogP contribution in [0.5, 0.6) is 0 Å². The Bertz CT molecular complexity index is 890. The molecule has 1 fully saturated rings. The molecule has 134 valence electrons. The Morgan fingerprint density at radius 1 is 1.19 bits per heavy atom. The first-order chi connectivity index (χ1) is 12.5. The van der Waals surface area contributed by atoms with Crippen LogP contribution in [0.4, 0.5) is 5.69 Å². The highest BCUT2D eigenvalue weighted by Gasteiger charge is 2.36. The van der Waals surface area contributed by atoms with E-state index < -0.39 is 0 Å². The van der Waals surface area contributed by atoms with Crippen molar-refractivity contribution in [1.29, 1.82) is 0 Å². The number of H-pyrrole nitrogens is 1. The van der Waals surface area contributed by atoms with Crippen molar-refractivity contribution in [1.82, 2.24) is 19.9 Å². The van der Waals surface area contributed by atoms with Gasteiger partial charge in [-0.3, -0.25) is 9.78 Å². The van der Waals surface area contributed by atoms with E-state index in [1.807, 2.05) is 30.3 Å². The number of carbonyl (C=O) groups excluding carboxylic acids is 1. The lowest BCUT2D eigenvalue weighted by atomic mass is 9.79. The predicted octanol–water partition coefficient (Wildman–Crippen LogP) is 3.30. The van der Waals surface area contributed by atoms with E-state index >= 15 is 0 Å². The normalized spacial score (nSPS) is 17.3. The first-order valence-electron chi connectivity index (χ1n) is 8.94. The number of nitrogens with one attached hydrogen (secondary N) is 2. The predicted molar refractivity (Wildman–Crippen MR) is 103 cm³/mol. The van der Waals surface area contributed by atoms with Gasteiger partial charge >= 0.3 is 0 Å². The summed E-state index contributed by atoms with van der Waals surface area (Å²) in [6, 6.07) is 9.68. The lowest BCUT2D eigenvalue weighted by Gasteiger charge is -2.36. The molecule has 2 N–H and O–H groups in total. The fourth-order valence-corrected chi connectivity index (χ4v) is 3.33. The van der Waals surface area contributed by atoms with Crippen LogP contribution in [0.15, 0.2) is 42.7 Å². The first-order valence-corrected chi connectivity index (χ1v) is 8.94. The summed E-state index contributed by atoms with van der Waals surface area (Å²) in [5.74, 6) is 0.904. The molecule has 1 amide bonds. The van der Waals surface area contributed by atoms with E-state index in [1.165, 1.54) is 0 Å². The number of benzene rings is 1. The smallest absolute Gasteiger partial charge is 0.230 e. The van der Waals surface area contributed by atoms with Gasteiger partial charge in [0.05, 0.1) is 17.2 Å². The Labute approximate surface area is 152 Å². The third kappa shape index (κ3) is 3.20. The summed E-state index contributed by atoms with van der Waals surface area (Å²) < 4.78 is 0. The largest absolute Gasteiger partial charge is 0.337 e. The highest BCUT2D eigenvalue weighted by molar-refractivity contribution is 5.95. The summed E-state index contributed by atoms with van der Waals surface area (Å²) in [4.78, 5) is 26.9. The van der Waals surface area contributed by atoms with Gasteiger partial charge in [-0.2, -0.15) is 0 Å². The van der Waals surface area contributed by atoms with Crippen molar-refractivity contribution in [2.24, 2.45) is 5.41 Å². The summed E-state index contributed by atoms with van der Waals surface area (Å²) in [6.45, 7) is 3.99. The number of aromatic nitrogens is 3. The lowest BCUT2D eigenvalue weighted by molar-refractivity contribution is -0.127. The molecule has 0 spiro atoms. The standard InChI is InChI=1S/C20H23N5O/c1-20(8-11-25(2)12-9-20)19(26)22-15-5-3-14(4-6-15)18-23-16-7-10-21-13-17(16)24-18/h3-7,10,13H,8-9,11-12H2,1-2H3,(H,22,26)(H,23,24). The number of anilines is 1. The molecular weight excluding hydrogens is 326 g/mol. The zero-order valence-electron chi connectivity index (χ0n) is 15.1. The molecular formula is C20H23N5O. The van der Waals surface area contributed by atoms with Crippen molar-refractivity contribution in [3.63, 3.8) is 0 Å². The number of likely N-dealkylation sites (tertiary alicyclic amines) is 1. The summed E-state index contributed by atoms with van der Waals surface area (Å²) in [6.07, 6.45) is 5.28. The van der Waals surface area contributed by atoms with Gasteiger partial charge in [0.25, 0.3) is 0 Å². The van der Waals surface area contributed by atoms with Crippen LogP contribution in [0.1, 0.15) is 19.8 Å². The molecule has 6 nitrogen and oxygen atoms in total. The van der Waals surface area contributed by atoms with Gasteiger partial charge in [0.15, 0.2) is 0 Å². The van der Waals surface area contributed by atoms with Crippen molar-refractivity contribution in [3.05, 3.63) is 42.7 Å². The van der Waals surface area contributed by atoms with Gasteiger partial charge in [-0.05, 0) is 63.3 Å². The third-order valence-corrected chi connectivity index (χ3v) is 5.34. The van der Waals surface area contributed by atoms with Crippen LogP contribution < -0.4 is 5.32 Å². The van der Waals surface area contributed by atoms with Crippen molar-refractivity contribution in [3.8, 4) is 11.4 Å². The second kappa shape index (κ2) is 6.53. The molecule has 0 aliphatic carbocycles. The molecule has 1 aliphatic rings. The molecule has 1 saturated heterocycles. The van der Waals surface area contributed by atoms with Gasteiger partial charge in [0.1, 0.15) is 5.82 Å². The summed E-state index contributed by atoms with van der Waals surface area (Å²) in [7, 11) is 2.10. The zero-order chi connectivity index (χ0) is 18.1. The van der Waals surface area contributed by atoms with Gasteiger partial charge in [-0.25, -0.2) is 4.98 Å². The second-order valence-electron chi connectivity index (χ2n) is 7.37. The van der Waals surface area contributed by atoms with Crippen LogP contribution in [0.25, 0.3) is 22.4 Å². The number of carbonyl (C=O) groups is 1. The minimum Gasteiger partial charge on any atom is -0.337 e. The van der Waals surface area contributed by atoms with E-state index in [0.717, 1.165) is 54.0 Å². The first kappa shape index (κ1) is 16.7. The number of aromatic amines is 1. The molecule has 0 atom stereocenters. The van der Waals surface area contributed by atoms with Crippen LogP contribution in [0, 0.1) is 5.41 Å². The number of rotatable bonds is 3. The highest BCUT2D eigenvalue weighted by Crippen LogP contribution is 2.32. The number of fused-ring (bicyclic) bond motifs is 1. The van der Waals surface area contributed by atoms with E-state index in [4.69, 9.17) is 0 Å². The molecule has 2 aromatic heterocycles. The van der Waals surface area contributed by atoms with E-state index in [0.29, 0.717) is 0 Å². The average Bonchev–Trinajstić information content (AvgIpc) is 3.09. The molecule has 0 unspecified atom stereocenters. The molecule has 0 bridgehead atoms. The minimum absolute atomic E-state index is 0.105. The summed E-state index contributed by atoms with van der Waals surface area (Å²) in [5.41, 5.74) is 3.30. The van der Waals surface area contributed by atoms with E-state index in [9.17, 15) is 4.79 Å². The molecule has 4 rings (SSSR count). The number of imidazole rings is 1. The van der Waals surface area contributed by atoms with Gasteiger partial charge in [-0.1, -0.05) is 6.92 Å². The summed E-state index contributed by atoms with van der Waals surface area (Å²) >= 11 is 0. The fourth-order valence-electron chi connectivity index (χ4n) is 3.33. The van der Waals surface area contributed by atoms with Crippen LogP contribution in [0.2, 0.25) is 0 Å². The molecule has 3 heterocycles. The van der Waals surface area contributed by atoms with Gasteiger partial charge in [0, 0.05) is 22.9 Å². The Hall–Kier alpha value is -2.73. The van der Waals surface area contributed by atoms with Crippen molar-refractivity contribution >= 4 is 22.6 Å². The fraction of sp³-hybridized carbons (Fsp3) is 0.350. The Morgan fingerprint density at radius 2 is 1.92 bits per heavy atom. The lowest BCUT2D eigenvalue weighted by Crippen LogP contribution is -2.43. The maximum Gasteiger partial charge on any atom is 0.230 e. The number of nitrogens with zero attached hydrogens (tertiary/aromatic N) is 3. The van der Waals surface area contributed by atoms with E-state index in [2.05, 4.69) is 39.1 Å². The van der Waals surface area contributed by atoms with Crippen molar-refractivity contribution in [2.75, 3.05) is 25.5 Å². The number of amides is 1.